The Labute approximate surface area is 261 Å². The summed E-state index contributed by atoms with van der Waals surface area (Å²) in [6, 6.07) is 0. The second kappa shape index (κ2) is 33.9. The third-order valence-electron chi connectivity index (χ3n) is 8.19. The standard InChI is InChI=1S/C38H70O4/c1-3-5-7-9-11-13-15-16-17-18-19-20-21-22-23-25-27-29-31-33-38(41)42-36(34-35-37(39)40)32-30-28-26-24-14-12-10-8-6-4-2/h11,13,16-17,36H,3-10,12,14-15,18-35H2,1-2H3,(H,39,40)/b13-11-,17-16-. The lowest BCUT2D eigenvalue weighted by molar-refractivity contribution is -0.151. The molecule has 1 unspecified atom stereocenters. The van der Waals surface area contributed by atoms with Gasteiger partial charge in [-0.25, -0.2) is 0 Å². The van der Waals surface area contributed by atoms with Crippen molar-refractivity contribution in [2.24, 2.45) is 0 Å². The first kappa shape index (κ1) is 40.4. The lowest BCUT2D eigenvalue weighted by Gasteiger charge is -2.17. The number of hydrogen-bond donors (Lipinski definition) is 1. The second-order valence-electron chi connectivity index (χ2n) is 12.4. The number of aliphatic carboxylic acids is 1. The molecule has 0 aromatic rings. The molecule has 4 heteroatoms. The van der Waals surface area contributed by atoms with Crippen LogP contribution in [-0.2, 0) is 14.3 Å². The highest BCUT2D eigenvalue weighted by molar-refractivity contribution is 5.69. The van der Waals surface area contributed by atoms with E-state index >= 15 is 0 Å². The van der Waals surface area contributed by atoms with E-state index in [0.717, 1.165) is 38.5 Å². The molecule has 0 saturated carbocycles. The van der Waals surface area contributed by atoms with Crippen LogP contribution in [0, 0.1) is 0 Å². The van der Waals surface area contributed by atoms with Gasteiger partial charge in [0.25, 0.3) is 0 Å². The Balaban J connectivity index is 3.70. The maximum absolute atomic E-state index is 12.4. The summed E-state index contributed by atoms with van der Waals surface area (Å²) in [4.78, 5) is 23.4. The zero-order chi connectivity index (χ0) is 30.8. The summed E-state index contributed by atoms with van der Waals surface area (Å²) in [5.74, 6) is -0.957. The van der Waals surface area contributed by atoms with E-state index in [2.05, 4.69) is 38.2 Å². The van der Waals surface area contributed by atoms with Crippen LogP contribution < -0.4 is 0 Å². The van der Waals surface area contributed by atoms with E-state index in [-0.39, 0.29) is 18.5 Å². The SMILES string of the molecule is CCCCC/C=C\C/C=C\CCCCCCCCCCCC(=O)OC(CCCCCCCCCCCC)CCC(=O)O. The Morgan fingerprint density at radius 2 is 0.952 bits per heavy atom. The molecule has 0 aliphatic carbocycles. The van der Waals surface area contributed by atoms with Crippen molar-refractivity contribution in [3.05, 3.63) is 24.3 Å². The molecule has 0 heterocycles. The second-order valence-corrected chi connectivity index (χ2v) is 12.4. The Hall–Kier alpha value is -1.58. The number of unbranched alkanes of at least 4 members (excludes halogenated alkanes) is 21. The topological polar surface area (TPSA) is 63.6 Å². The molecule has 1 N–H and O–H groups in total. The van der Waals surface area contributed by atoms with Gasteiger partial charge in [-0.3, -0.25) is 9.59 Å². The molecule has 0 aliphatic heterocycles. The molecule has 0 rings (SSSR count). The van der Waals surface area contributed by atoms with E-state index in [1.165, 1.54) is 128 Å². The van der Waals surface area contributed by atoms with Gasteiger partial charge >= 0.3 is 11.9 Å². The highest BCUT2D eigenvalue weighted by Gasteiger charge is 2.15. The normalized spacial score (nSPS) is 12.4. The van der Waals surface area contributed by atoms with E-state index in [1.54, 1.807) is 0 Å². The third-order valence-corrected chi connectivity index (χ3v) is 8.19. The molecular weight excluding hydrogens is 520 g/mol. The van der Waals surface area contributed by atoms with E-state index in [9.17, 15) is 9.59 Å². The van der Waals surface area contributed by atoms with Gasteiger partial charge in [0, 0.05) is 12.8 Å². The van der Waals surface area contributed by atoms with Gasteiger partial charge in [0.15, 0.2) is 0 Å². The number of ether oxygens (including phenoxy) is 1. The van der Waals surface area contributed by atoms with Crippen LogP contribution in [0.1, 0.15) is 200 Å². The van der Waals surface area contributed by atoms with Gasteiger partial charge in [0.2, 0.25) is 0 Å². The Bertz CT molecular complexity index is 639. The minimum Gasteiger partial charge on any atom is -0.481 e. The maximum atomic E-state index is 12.4. The molecule has 42 heavy (non-hydrogen) atoms. The Kier molecular flexibility index (Phi) is 32.6. The van der Waals surface area contributed by atoms with E-state index in [0.29, 0.717) is 12.8 Å². The molecule has 4 nitrogen and oxygen atoms in total. The first-order chi connectivity index (χ1) is 20.6. The van der Waals surface area contributed by atoms with Gasteiger partial charge in [-0.15, -0.1) is 0 Å². The van der Waals surface area contributed by atoms with Gasteiger partial charge in [-0.05, 0) is 57.8 Å². The molecule has 246 valence electrons. The van der Waals surface area contributed by atoms with Gasteiger partial charge in [-0.2, -0.15) is 0 Å². The van der Waals surface area contributed by atoms with Crippen molar-refractivity contribution >= 4 is 11.9 Å². The monoisotopic (exact) mass is 591 g/mol. The molecule has 0 aromatic carbocycles. The highest BCUT2D eigenvalue weighted by atomic mass is 16.5. The van der Waals surface area contributed by atoms with E-state index < -0.39 is 5.97 Å². The molecule has 0 radical (unpaired) electrons. The van der Waals surface area contributed by atoms with Crippen molar-refractivity contribution in [3.8, 4) is 0 Å². The van der Waals surface area contributed by atoms with Crippen molar-refractivity contribution < 1.29 is 19.4 Å². The Morgan fingerprint density at radius 3 is 1.48 bits per heavy atom. The number of rotatable bonds is 33. The van der Waals surface area contributed by atoms with Crippen LogP contribution in [0.25, 0.3) is 0 Å². The summed E-state index contributed by atoms with van der Waals surface area (Å²) in [7, 11) is 0. The van der Waals surface area contributed by atoms with Gasteiger partial charge in [-0.1, -0.05) is 154 Å². The Morgan fingerprint density at radius 1 is 0.524 bits per heavy atom. The van der Waals surface area contributed by atoms with Crippen LogP contribution >= 0.6 is 0 Å². The molecule has 0 spiro atoms. The summed E-state index contributed by atoms with van der Waals surface area (Å²) < 4.78 is 5.71. The smallest absolute Gasteiger partial charge is 0.306 e. The van der Waals surface area contributed by atoms with Crippen molar-refractivity contribution in [2.45, 2.75) is 206 Å². The summed E-state index contributed by atoms with van der Waals surface area (Å²) in [6.45, 7) is 4.50. The van der Waals surface area contributed by atoms with E-state index in [4.69, 9.17) is 9.84 Å². The first-order valence-electron chi connectivity index (χ1n) is 18.3. The number of esters is 1. The van der Waals surface area contributed by atoms with Crippen LogP contribution in [0.3, 0.4) is 0 Å². The highest BCUT2D eigenvalue weighted by Crippen LogP contribution is 2.17. The van der Waals surface area contributed by atoms with Crippen molar-refractivity contribution in [1.82, 2.24) is 0 Å². The minimum atomic E-state index is -0.813. The average molecular weight is 591 g/mol. The molecule has 1 atom stereocenters. The molecule has 0 aromatic heterocycles. The predicted molar refractivity (Wildman–Crippen MR) is 181 cm³/mol. The third kappa shape index (κ3) is 32.9. The van der Waals surface area contributed by atoms with Crippen LogP contribution in [0.15, 0.2) is 24.3 Å². The number of allylic oxidation sites excluding steroid dienone is 4. The lowest BCUT2D eigenvalue weighted by atomic mass is 10.0. The summed E-state index contributed by atoms with van der Waals surface area (Å²) in [6.07, 6.45) is 41.9. The fraction of sp³-hybridized carbons (Fsp3) is 0.842. The van der Waals surface area contributed by atoms with Gasteiger partial charge < -0.3 is 9.84 Å². The molecule has 0 aliphatic rings. The number of hydrogen-bond acceptors (Lipinski definition) is 3. The fourth-order valence-corrected chi connectivity index (χ4v) is 5.44. The van der Waals surface area contributed by atoms with Crippen LogP contribution in [0.5, 0.6) is 0 Å². The van der Waals surface area contributed by atoms with Crippen LogP contribution in [0.4, 0.5) is 0 Å². The number of carboxylic acids is 1. The molecule has 0 bridgehead atoms. The molecule has 0 fully saturated rings. The quantitative estimate of drug-likeness (QED) is 0.0469. The molecule has 0 amide bonds. The van der Waals surface area contributed by atoms with Crippen molar-refractivity contribution in [1.29, 1.82) is 0 Å². The van der Waals surface area contributed by atoms with E-state index in [1.807, 2.05) is 0 Å². The number of carbonyl (C=O) groups excluding carboxylic acids is 1. The average Bonchev–Trinajstić information content (AvgIpc) is 2.97. The molecule has 0 saturated heterocycles. The largest absolute Gasteiger partial charge is 0.481 e. The number of carboxylic acid groups (broad SMARTS) is 1. The lowest BCUT2D eigenvalue weighted by Crippen LogP contribution is -2.19. The van der Waals surface area contributed by atoms with Crippen molar-refractivity contribution in [2.75, 3.05) is 0 Å². The number of carbonyl (C=O) groups is 2. The minimum absolute atomic E-state index is 0.0727. The summed E-state index contributed by atoms with van der Waals surface area (Å²) in [5.41, 5.74) is 0. The molecular formula is C38H70O4. The zero-order valence-electron chi connectivity index (χ0n) is 28.1. The van der Waals surface area contributed by atoms with Crippen LogP contribution in [-0.4, -0.2) is 23.1 Å². The van der Waals surface area contributed by atoms with Gasteiger partial charge in [0.05, 0.1) is 0 Å². The summed E-state index contributed by atoms with van der Waals surface area (Å²) in [5, 5.41) is 9.08. The van der Waals surface area contributed by atoms with Crippen LogP contribution in [0.2, 0.25) is 0 Å². The zero-order valence-corrected chi connectivity index (χ0v) is 28.1. The van der Waals surface area contributed by atoms with Gasteiger partial charge in [0.1, 0.15) is 6.10 Å². The first-order valence-corrected chi connectivity index (χ1v) is 18.3. The maximum Gasteiger partial charge on any atom is 0.306 e. The predicted octanol–water partition coefficient (Wildman–Crippen LogP) is 12.4. The fourth-order valence-electron chi connectivity index (χ4n) is 5.44. The summed E-state index contributed by atoms with van der Waals surface area (Å²) >= 11 is 0. The van der Waals surface area contributed by atoms with Crippen molar-refractivity contribution in [3.63, 3.8) is 0 Å².